The summed E-state index contributed by atoms with van der Waals surface area (Å²) in [5.74, 6) is 3.20. The number of hydrogen-bond donors (Lipinski definition) is 1. The monoisotopic (exact) mass is 357 g/mol. The summed E-state index contributed by atoms with van der Waals surface area (Å²) in [6.07, 6.45) is -0.245. The smallest absolute Gasteiger partial charge is 0.409 e. The van der Waals surface area contributed by atoms with Crippen molar-refractivity contribution in [2.24, 2.45) is 11.8 Å². The zero-order chi connectivity index (χ0) is 18.6. The molecule has 2 fully saturated rings. The number of hydrogen-bond acceptors (Lipinski definition) is 7. The molecule has 2 atom stereocenters. The van der Waals surface area contributed by atoms with Gasteiger partial charge >= 0.3 is 6.09 Å². The third-order valence-corrected chi connectivity index (χ3v) is 5.46. The number of piperidine rings is 1. The summed E-state index contributed by atoms with van der Waals surface area (Å²) in [7, 11) is 1.42. The number of carbonyl (C=O) groups is 1. The third kappa shape index (κ3) is 2.60. The Bertz CT molecular complexity index is 846. The van der Waals surface area contributed by atoms with Crippen LogP contribution in [-0.4, -0.2) is 52.4 Å². The molecular weight excluding hydrogens is 334 g/mol. The Balaban J connectivity index is 1.56. The van der Waals surface area contributed by atoms with Crippen LogP contribution in [0.2, 0.25) is 0 Å². The van der Waals surface area contributed by atoms with Crippen LogP contribution in [0.5, 0.6) is 0 Å². The van der Waals surface area contributed by atoms with E-state index in [-0.39, 0.29) is 6.09 Å². The fourth-order valence-corrected chi connectivity index (χ4v) is 4.01. The average Bonchev–Trinajstić information content (AvgIpc) is 2.95. The number of methoxy groups -OCH3 is 1. The van der Waals surface area contributed by atoms with E-state index in [2.05, 4.69) is 20.4 Å². The van der Waals surface area contributed by atoms with Gasteiger partial charge in [-0.1, -0.05) is 5.16 Å². The minimum absolute atomic E-state index is 0.245. The molecule has 1 amide bonds. The Morgan fingerprint density at radius 1 is 1.19 bits per heavy atom. The highest BCUT2D eigenvalue weighted by molar-refractivity contribution is 5.72. The molecule has 1 N–H and O–H groups in total. The fourth-order valence-electron chi connectivity index (χ4n) is 4.01. The van der Waals surface area contributed by atoms with E-state index in [0.717, 1.165) is 47.2 Å². The first-order chi connectivity index (χ1) is 12.4. The van der Waals surface area contributed by atoms with E-state index in [1.165, 1.54) is 7.11 Å². The Kier molecular flexibility index (Phi) is 3.86. The quantitative estimate of drug-likeness (QED) is 0.902. The number of fused-ring (bicyclic) bond motifs is 1. The minimum Gasteiger partial charge on any atom is -0.453 e. The molecule has 2 aliphatic rings. The molecule has 1 aliphatic carbocycles. The van der Waals surface area contributed by atoms with Crippen molar-refractivity contribution in [1.29, 1.82) is 0 Å². The van der Waals surface area contributed by atoms with Crippen LogP contribution >= 0.6 is 0 Å². The first-order valence-electron chi connectivity index (χ1n) is 8.78. The van der Waals surface area contributed by atoms with Crippen molar-refractivity contribution >= 4 is 11.9 Å². The largest absolute Gasteiger partial charge is 0.453 e. The summed E-state index contributed by atoms with van der Waals surface area (Å²) in [5.41, 5.74) is 3.61. The number of likely N-dealkylation sites (tertiary alicyclic amines) is 1. The maximum absolute atomic E-state index is 11.6. The Morgan fingerprint density at radius 3 is 2.46 bits per heavy atom. The van der Waals surface area contributed by atoms with Crippen LogP contribution in [0.1, 0.15) is 22.8 Å². The van der Waals surface area contributed by atoms with Gasteiger partial charge in [-0.3, -0.25) is 0 Å². The number of aromatic nitrogens is 3. The van der Waals surface area contributed by atoms with E-state index in [0.29, 0.717) is 23.7 Å². The van der Waals surface area contributed by atoms with Crippen molar-refractivity contribution in [3.05, 3.63) is 22.8 Å². The zero-order valence-corrected chi connectivity index (χ0v) is 15.7. The van der Waals surface area contributed by atoms with Crippen molar-refractivity contribution in [3.8, 4) is 11.3 Å². The number of nitrogens with zero attached hydrogens (tertiary/aromatic N) is 4. The van der Waals surface area contributed by atoms with Gasteiger partial charge in [-0.2, -0.15) is 0 Å². The van der Waals surface area contributed by atoms with Gasteiger partial charge in [0.05, 0.1) is 24.1 Å². The summed E-state index contributed by atoms with van der Waals surface area (Å²) >= 11 is 0. The number of amides is 1. The molecule has 4 rings (SSSR count). The van der Waals surface area contributed by atoms with Crippen LogP contribution in [0.25, 0.3) is 11.3 Å². The number of carbonyl (C=O) groups excluding carboxylic acids is 1. The first-order valence-corrected chi connectivity index (χ1v) is 8.78. The van der Waals surface area contributed by atoms with Gasteiger partial charge in [0.25, 0.3) is 0 Å². The zero-order valence-electron chi connectivity index (χ0n) is 15.7. The molecule has 0 bridgehead atoms. The van der Waals surface area contributed by atoms with Crippen molar-refractivity contribution in [3.63, 3.8) is 0 Å². The number of nitrogens with one attached hydrogen (secondary N) is 1. The lowest BCUT2D eigenvalue weighted by Crippen LogP contribution is -2.33. The molecule has 138 valence electrons. The second-order valence-corrected chi connectivity index (χ2v) is 7.17. The van der Waals surface area contributed by atoms with Crippen LogP contribution in [0.15, 0.2) is 4.52 Å². The van der Waals surface area contributed by atoms with Gasteiger partial charge in [0.15, 0.2) is 0 Å². The van der Waals surface area contributed by atoms with Crippen molar-refractivity contribution < 1.29 is 14.1 Å². The number of rotatable bonds is 3. The number of aryl methyl sites for hydroxylation is 3. The third-order valence-electron chi connectivity index (χ3n) is 5.46. The topological polar surface area (TPSA) is 93.4 Å². The van der Waals surface area contributed by atoms with Crippen molar-refractivity contribution in [2.75, 3.05) is 25.5 Å². The number of ether oxygens (including phenoxy) is 1. The molecule has 1 aliphatic heterocycles. The van der Waals surface area contributed by atoms with Crippen LogP contribution in [0.4, 0.5) is 10.6 Å². The van der Waals surface area contributed by atoms with Gasteiger partial charge in [0.1, 0.15) is 17.4 Å². The Hall–Kier alpha value is -2.64. The Morgan fingerprint density at radius 2 is 1.88 bits per heavy atom. The van der Waals surface area contributed by atoms with E-state index in [1.54, 1.807) is 4.90 Å². The van der Waals surface area contributed by atoms with E-state index < -0.39 is 0 Å². The molecule has 26 heavy (non-hydrogen) atoms. The summed E-state index contributed by atoms with van der Waals surface area (Å²) < 4.78 is 10.1. The second kappa shape index (κ2) is 5.96. The molecule has 1 saturated carbocycles. The highest BCUT2D eigenvalue weighted by Crippen LogP contribution is 2.47. The van der Waals surface area contributed by atoms with Gasteiger partial charge < -0.3 is 19.5 Å². The van der Waals surface area contributed by atoms with Crippen LogP contribution in [0.3, 0.4) is 0 Å². The highest BCUT2D eigenvalue weighted by Gasteiger charge is 2.57. The molecule has 3 heterocycles. The summed E-state index contributed by atoms with van der Waals surface area (Å²) in [6, 6.07) is 0.335. The molecule has 0 radical (unpaired) electrons. The lowest BCUT2D eigenvalue weighted by molar-refractivity contribution is 0.128. The second-order valence-electron chi connectivity index (χ2n) is 7.17. The lowest BCUT2D eigenvalue weighted by atomic mass is 10.1. The molecule has 2 aromatic rings. The molecule has 2 aromatic heterocycles. The summed E-state index contributed by atoms with van der Waals surface area (Å²) in [5, 5.41) is 7.61. The predicted octanol–water partition coefficient (Wildman–Crippen LogP) is 2.47. The Labute approximate surface area is 151 Å². The standard InChI is InChI=1S/C18H23N5O3/c1-8-15(14-9(2)22-26-10(14)3)19-11(4)20-17(8)21-16-12-6-23(7-13(12)16)18(24)25-5/h12-13,16H,6-7H2,1-5H3,(H,19,20,21). The van der Waals surface area contributed by atoms with E-state index in [9.17, 15) is 4.79 Å². The van der Waals surface area contributed by atoms with E-state index in [4.69, 9.17) is 9.26 Å². The SMILES string of the molecule is COC(=O)N1CC2C(C1)C2Nc1nc(C)nc(-c2c(C)noc2C)c1C. The summed E-state index contributed by atoms with van der Waals surface area (Å²) in [4.78, 5) is 22.6. The van der Waals surface area contributed by atoms with Crippen molar-refractivity contribution in [1.82, 2.24) is 20.0 Å². The van der Waals surface area contributed by atoms with E-state index in [1.807, 2.05) is 27.7 Å². The minimum atomic E-state index is -0.245. The average molecular weight is 357 g/mol. The number of anilines is 1. The molecular formula is C18H23N5O3. The molecule has 0 aromatic carbocycles. The normalized spacial score (nSPS) is 23.7. The molecule has 8 nitrogen and oxygen atoms in total. The first kappa shape index (κ1) is 16.8. The van der Waals surface area contributed by atoms with Gasteiger partial charge in [-0.15, -0.1) is 0 Å². The highest BCUT2D eigenvalue weighted by atomic mass is 16.5. The fraction of sp³-hybridized carbons (Fsp3) is 0.556. The maximum Gasteiger partial charge on any atom is 0.409 e. The van der Waals surface area contributed by atoms with Gasteiger partial charge in [-0.05, 0) is 27.7 Å². The molecule has 0 spiro atoms. The van der Waals surface area contributed by atoms with Gasteiger partial charge in [0.2, 0.25) is 0 Å². The van der Waals surface area contributed by atoms with Crippen molar-refractivity contribution in [2.45, 2.75) is 33.7 Å². The van der Waals surface area contributed by atoms with E-state index >= 15 is 0 Å². The molecule has 2 unspecified atom stereocenters. The molecule has 8 heteroatoms. The van der Waals surface area contributed by atoms with Gasteiger partial charge in [0, 0.05) is 36.5 Å². The summed E-state index contributed by atoms with van der Waals surface area (Å²) in [6.45, 7) is 9.18. The van der Waals surface area contributed by atoms with Gasteiger partial charge in [-0.25, -0.2) is 14.8 Å². The predicted molar refractivity (Wildman–Crippen MR) is 94.8 cm³/mol. The molecule has 1 saturated heterocycles. The van der Waals surface area contributed by atoms with Crippen LogP contribution in [-0.2, 0) is 4.74 Å². The van der Waals surface area contributed by atoms with Crippen LogP contribution < -0.4 is 5.32 Å². The lowest BCUT2D eigenvalue weighted by Gasteiger charge is -2.19. The van der Waals surface area contributed by atoms with Crippen LogP contribution in [0, 0.1) is 39.5 Å². The maximum atomic E-state index is 11.6.